The highest BCUT2D eigenvalue weighted by Crippen LogP contribution is 2.32. The second-order valence-corrected chi connectivity index (χ2v) is 10.5. The molecule has 0 radical (unpaired) electrons. The highest BCUT2D eigenvalue weighted by atomic mass is 79.9. The van der Waals surface area contributed by atoms with Crippen LogP contribution < -0.4 is 4.72 Å². The summed E-state index contributed by atoms with van der Waals surface area (Å²) < 4.78 is 28.7. The number of halogens is 1. The fourth-order valence-corrected chi connectivity index (χ4v) is 6.49. The molecule has 2 aromatic rings. The van der Waals surface area contributed by atoms with Gasteiger partial charge in [0.1, 0.15) is 4.21 Å². The molecule has 110 valence electrons. The summed E-state index contributed by atoms with van der Waals surface area (Å²) in [7, 11) is -3.47. The van der Waals surface area contributed by atoms with Crippen LogP contribution in [0.5, 0.6) is 0 Å². The first-order chi connectivity index (χ1) is 9.20. The van der Waals surface area contributed by atoms with Crippen molar-refractivity contribution in [2.75, 3.05) is 0 Å². The van der Waals surface area contributed by atoms with Crippen LogP contribution in [0.25, 0.3) is 0 Å². The molecule has 2 aromatic heterocycles. The van der Waals surface area contributed by atoms with Gasteiger partial charge >= 0.3 is 0 Å². The second kappa shape index (κ2) is 5.88. The van der Waals surface area contributed by atoms with E-state index >= 15 is 0 Å². The van der Waals surface area contributed by atoms with Crippen LogP contribution in [0, 0.1) is 20.8 Å². The number of hydrogen-bond donors (Lipinski definition) is 1. The molecule has 3 nitrogen and oxygen atoms in total. The third kappa shape index (κ3) is 3.33. The first-order valence-electron chi connectivity index (χ1n) is 6.06. The summed E-state index contributed by atoms with van der Waals surface area (Å²) in [5.41, 5.74) is 1.98. The van der Waals surface area contributed by atoms with Gasteiger partial charge in [0, 0.05) is 15.8 Å². The van der Waals surface area contributed by atoms with E-state index in [0.717, 1.165) is 19.8 Å². The van der Waals surface area contributed by atoms with Crippen LogP contribution in [0.3, 0.4) is 0 Å². The maximum Gasteiger partial charge on any atom is 0.250 e. The molecule has 2 rings (SSSR count). The van der Waals surface area contributed by atoms with Crippen molar-refractivity contribution in [3.05, 3.63) is 36.8 Å². The van der Waals surface area contributed by atoms with E-state index in [1.165, 1.54) is 16.2 Å². The quantitative estimate of drug-likeness (QED) is 0.828. The van der Waals surface area contributed by atoms with Crippen molar-refractivity contribution in [1.29, 1.82) is 0 Å². The van der Waals surface area contributed by atoms with Crippen molar-refractivity contribution >= 4 is 48.6 Å². The third-order valence-corrected chi connectivity index (χ3v) is 8.11. The fourth-order valence-electron chi connectivity index (χ4n) is 2.00. The minimum Gasteiger partial charge on any atom is -0.206 e. The second-order valence-electron chi connectivity index (χ2n) is 4.73. The molecule has 0 aliphatic rings. The third-order valence-electron chi connectivity index (χ3n) is 2.98. The average molecular weight is 394 g/mol. The van der Waals surface area contributed by atoms with Crippen LogP contribution in [0.4, 0.5) is 0 Å². The molecular formula is C13H16BrNO2S3. The molecule has 0 spiro atoms. The number of aryl methyl sites for hydroxylation is 3. The Morgan fingerprint density at radius 3 is 2.30 bits per heavy atom. The Morgan fingerprint density at radius 1 is 1.20 bits per heavy atom. The van der Waals surface area contributed by atoms with E-state index in [1.54, 1.807) is 17.4 Å². The molecule has 0 saturated heterocycles. The van der Waals surface area contributed by atoms with Gasteiger partial charge < -0.3 is 0 Å². The summed E-state index contributed by atoms with van der Waals surface area (Å²) in [4.78, 5) is 2.35. The van der Waals surface area contributed by atoms with Gasteiger partial charge in [0.05, 0.1) is 3.79 Å². The van der Waals surface area contributed by atoms with E-state index in [-0.39, 0.29) is 6.04 Å². The molecule has 2 heterocycles. The zero-order valence-electron chi connectivity index (χ0n) is 11.7. The molecule has 0 aliphatic heterocycles. The summed E-state index contributed by atoms with van der Waals surface area (Å²) >= 11 is 6.29. The molecule has 0 fully saturated rings. The highest BCUT2D eigenvalue weighted by molar-refractivity contribution is 9.11. The number of thiophene rings is 2. The zero-order chi connectivity index (χ0) is 15.1. The smallest absolute Gasteiger partial charge is 0.206 e. The van der Waals surface area contributed by atoms with Crippen LogP contribution in [0.15, 0.2) is 20.1 Å². The molecule has 0 aliphatic carbocycles. The molecule has 1 unspecified atom stereocenters. The maximum atomic E-state index is 12.4. The maximum absolute atomic E-state index is 12.4. The van der Waals surface area contributed by atoms with E-state index in [1.807, 2.05) is 33.8 Å². The van der Waals surface area contributed by atoms with Gasteiger partial charge in [0.2, 0.25) is 0 Å². The minimum atomic E-state index is -3.47. The normalized spacial score (nSPS) is 13.7. The van der Waals surface area contributed by atoms with Gasteiger partial charge in [0.15, 0.2) is 0 Å². The lowest BCUT2D eigenvalue weighted by molar-refractivity contribution is 0.569. The van der Waals surface area contributed by atoms with E-state index < -0.39 is 10.0 Å². The zero-order valence-corrected chi connectivity index (χ0v) is 15.7. The van der Waals surface area contributed by atoms with Crippen molar-refractivity contribution in [1.82, 2.24) is 4.72 Å². The lowest BCUT2D eigenvalue weighted by Crippen LogP contribution is -2.26. The fraction of sp³-hybridized carbons (Fsp3) is 0.385. The molecule has 1 N–H and O–H groups in total. The largest absolute Gasteiger partial charge is 0.250 e. The van der Waals surface area contributed by atoms with Gasteiger partial charge in [-0.05, 0) is 66.9 Å². The summed E-state index contributed by atoms with van der Waals surface area (Å²) in [5, 5.41) is 0. The number of rotatable bonds is 4. The topological polar surface area (TPSA) is 46.2 Å². The van der Waals surface area contributed by atoms with E-state index in [9.17, 15) is 8.42 Å². The van der Waals surface area contributed by atoms with Crippen LogP contribution in [-0.2, 0) is 10.0 Å². The van der Waals surface area contributed by atoms with E-state index in [2.05, 4.69) is 20.7 Å². The highest BCUT2D eigenvalue weighted by Gasteiger charge is 2.22. The molecule has 0 saturated carbocycles. The molecule has 0 aromatic carbocycles. The van der Waals surface area contributed by atoms with Crippen molar-refractivity contribution in [2.24, 2.45) is 0 Å². The SMILES string of the molecule is Cc1cc(C(C)NS(=O)(=O)c2cc(C)c(Br)s2)c(C)s1. The summed E-state index contributed by atoms with van der Waals surface area (Å²) in [6, 6.07) is 3.50. The lowest BCUT2D eigenvalue weighted by atomic mass is 10.1. The Morgan fingerprint density at radius 2 is 1.85 bits per heavy atom. The van der Waals surface area contributed by atoms with Crippen LogP contribution in [0.1, 0.15) is 33.8 Å². The van der Waals surface area contributed by atoms with Crippen molar-refractivity contribution < 1.29 is 8.42 Å². The summed E-state index contributed by atoms with van der Waals surface area (Å²) in [6.07, 6.45) is 0. The van der Waals surface area contributed by atoms with Gasteiger partial charge in [0.25, 0.3) is 10.0 Å². The minimum absolute atomic E-state index is 0.230. The molecule has 7 heteroatoms. The Hall–Kier alpha value is -0.210. The summed E-state index contributed by atoms with van der Waals surface area (Å²) in [5.74, 6) is 0. The number of hydrogen-bond acceptors (Lipinski definition) is 4. The van der Waals surface area contributed by atoms with Crippen LogP contribution in [-0.4, -0.2) is 8.42 Å². The number of sulfonamides is 1. The monoisotopic (exact) mass is 393 g/mol. The van der Waals surface area contributed by atoms with Crippen LogP contribution in [0.2, 0.25) is 0 Å². The molecule has 1 atom stereocenters. The Balaban J connectivity index is 2.26. The first-order valence-corrected chi connectivity index (χ1v) is 9.97. The first kappa shape index (κ1) is 16.2. The van der Waals surface area contributed by atoms with Crippen molar-refractivity contribution in [3.63, 3.8) is 0 Å². The van der Waals surface area contributed by atoms with Gasteiger partial charge in [-0.1, -0.05) is 0 Å². The standard InChI is InChI=1S/C13H16BrNO2S3/c1-7-5-12(19-13(7)14)20(16,17)15-9(3)11-6-8(2)18-10(11)4/h5-6,9,15H,1-4H3. The number of nitrogens with one attached hydrogen (secondary N) is 1. The van der Waals surface area contributed by atoms with Gasteiger partial charge in [-0.3, -0.25) is 0 Å². The van der Waals surface area contributed by atoms with E-state index in [0.29, 0.717) is 4.21 Å². The molecular weight excluding hydrogens is 378 g/mol. The molecule has 20 heavy (non-hydrogen) atoms. The molecule has 0 bridgehead atoms. The summed E-state index contributed by atoms with van der Waals surface area (Å²) in [6.45, 7) is 7.81. The molecule has 0 amide bonds. The van der Waals surface area contributed by atoms with Crippen molar-refractivity contribution in [2.45, 2.75) is 37.9 Å². The van der Waals surface area contributed by atoms with Gasteiger partial charge in [-0.2, -0.15) is 0 Å². The van der Waals surface area contributed by atoms with Gasteiger partial charge in [-0.15, -0.1) is 22.7 Å². The van der Waals surface area contributed by atoms with E-state index in [4.69, 9.17) is 0 Å². The van der Waals surface area contributed by atoms with Crippen LogP contribution >= 0.6 is 38.6 Å². The lowest BCUT2D eigenvalue weighted by Gasteiger charge is -2.13. The Kier molecular flexibility index (Phi) is 4.76. The Labute approximate surface area is 136 Å². The predicted molar refractivity (Wildman–Crippen MR) is 89.3 cm³/mol. The Bertz CT molecular complexity index is 711. The van der Waals surface area contributed by atoms with Crippen molar-refractivity contribution in [3.8, 4) is 0 Å². The predicted octanol–water partition coefficient (Wildman–Crippen LogP) is 4.54. The average Bonchev–Trinajstić information content (AvgIpc) is 2.82. The van der Waals surface area contributed by atoms with Gasteiger partial charge in [-0.25, -0.2) is 13.1 Å².